The summed E-state index contributed by atoms with van der Waals surface area (Å²) in [5.41, 5.74) is 0.174. The number of hydrogen-bond acceptors (Lipinski definition) is 2. The van der Waals surface area contributed by atoms with Crippen molar-refractivity contribution >= 4 is 38.4 Å². The lowest BCUT2D eigenvalue weighted by Crippen LogP contribution is -1.99. The molecule has 3 nitrogen and oxygen atoms in total. The Kier molecular flexibility index (Phi) is 2.99. The van der Waals surface area contributed by atoms with Crippen LogP contribution in [0.25, 0.3) is 16.6 Å². The summed E-state index contributed by atoms with van der Waals surface area (Å²) in [5.74, 6) is -1.12. The van der Waals surface area contributed by atoms with Crippen molar-refractivity contribution in [3.63, 3.8) is 0 Å². The highest BCUT2D eigenvalue weighted by molar-refractivity contribution is 9.10. The fourth-order valence-electron chi connectivity index (χ4n) is 1.77. The molecule has 0 aliphatic carbocycles. The molecule has 0 amide bonds. The van der Waals surface area contributed by atoms with Gasteiger partial charge in [-0.15, -0.1) is 0 Å². The zero-order chi connectivity index (χ0) is 13.6. The van der Waals surface area contributed by atoms with Crippen LogP contribution in [0.3, 0.4) is 0 Å². The minimum atomic E-state index is -0.579. The van der Waals surface area contributed by atoms with Gasteiger partial charge < -0.3 is 0 Å². The predicted octanol–water partition coefficient (Wildman–Crippen LogP) is 4.11. The second-order valence-corrected chi connectivity index (χ2v) is 4.96. The molecule has 0 bridgehead atoms. The van der Waals surface area contributed by atoms with Crippen molar-refractivity contribution in [2.75, 3.05) is 0 Å². The summed E-state index contributed by atoms with van der Waals surface area (Å²) >= 11 is 9.15. The fraction of sp³-hybridized carbons (Fsp3) is 0. The van der Waals surface area contributed by atoms with Crippen molar-refractivity contribution in [2.45, 2.75) is 0 Å². The highest BCUT2D eigenvalue weighted by atomic mass is 79.9. The Hall–Kier alpha value is -1.53. The second-order valence-electron chi connectivity index (χ2n) is 3.80. The van der Waals surface area contributed by atoms with Crippen LogP contribution in [0.4, 0.5) is 8.78 Å². The summed E-state index contributed by atoms with van der Waals surface area (Å²) in [6, 6.07) is 4.29. The summed E-state index contributed by atoms with van der Waals surface area (Å²) in [6.07, 6.45) is 2.52. The molecule has 0 unspecified atom stereocenters. The highest BCUT2D eigenvalue weighted by Gasteiger charge is 2.15. The Labute approximate surface area is 119 Å². The third-order valence-electron chi connectivity index (χ3n) is 2.62. The first kappa shape index (κ1) is 12.5. The molecule has 1 aromatic carbocycles. The summed E-state index contributed by atoms with van der Waals surface area (Å²) in [7, 11) is 0. The first-order chi connectivity index (χ1) is 9.08. The number of rotatable bonds is 1. The first-order valence-electron chi connectivity index (χ1n) is 5.21. The minimum absolute atomic E-state index is 0.0756. The van der Waals surface area contributed by atoms with Crippen molar-refractivity contribution in [3.05, 3.63) is 51.9 Å². The van der Waals surface area contributed by atoms with Gasteiger partial charge in [-0.2, -0.15) is 5.10 Å². The van der Waals surface area contributed by atoms with Crippen molar-refractivity contribution < 1.29 is 8.78 Å². The van der Waals surface area contributed by atoms with E-state index >= 15 is 0 Å². The van der Waals surface area contributed by atoms with E-state index in [9.17, 15) is 8.78 Å². The SMILES string of the molecule is Fc1cccc(Cl)c1-n1cc2c(Br)ncc(F)c2n1. The van der Waals surface area contributed by atoms with Crippen molar-refractivity contribution in [2.24, 2.45) is 0 Å². The molecule has 0 spiro atoms. The van der Waals surface area contributed by atoms with Gasteiger partial charge in [0, 0.05) is 6.20 Å². The molecular formula is C12H5BrClF2N3. The van der Waals surface area contributed by atoms with Crippen LogP contribution < -0.4 is 0 Å². The number of benzene rings is 1. The van der Waals surface area contributed by atoms with Crippen LogP contribution in [-0.4, -0.2) is 14.8 Å². The van der Waals surface area contributed by atoms with E-state index in [0.29, 0.717) is 9.99 Å². The number of para-hydroxylation sites is 1. The van der Waals surface area contributed by atoms with E-state index < -0.39 is 11.6 Å². The normalized spacial score (nSPS) is 11.2. The Morgan fingerprint density at radius 1 is 1.21 bits per heavy atom. The third kappa shape index (κ3) is 2.01. The summed E-state index contributed by atoms with van der Waals surface area (Å²) in [4.78, 5) is 3.82. The number of aromatic nitrogens is 3. The second kappa shape index (κ2) is 4.54. The van der Waals surface area contributed by atoms with Gasteiger partial charge in [0.15, 0.2) is 5.82 Å². The lowest BCUT2D eigenvalue weighted by Gasteiger charge is -2.04. The Balaban J connectivity index is 2.33. The summed E-state index contributed by atoms with van der Waals surface area (Å²) < 4.78 is 29.0. The Bertz CT molecular complexity index is 729. The van der Waals surface area contributed by atoms with E-state index in [1.54, 1.807) is 0 Å². The average Bonchev–Trinajstić information content (AvgIpc) is 2.80. The standard InChI is InChI=1S/C12H5BrClF2N3/c13-12-6-5-19(18-10(6)9(16)4-17-12)11-7(14)2-1-3-8(11)15/h1-5H. The highest BCUT2D eigenvalue weighted by Crippen LogP contribution is 2.28. The Morgan fingerprint density at radius 3 is 2.68 bits per heavy atom. The smallest absolute Gasteiger partial charge is 0.169 e. The monoisotopic (exact) mass is 343 g/mol. The topological polar surface area (TPSA) is 30.7 Å². The zero-order valence-corrected chi connectivity index (χ0v) is 11.6. The molecule has 2 aromatic heterocycles. The molecule has 0 N–H and O–H groups in total. The van der Waals surface area contributed by atoms with Gasteiger partial charge in [-0.1, -0.05) is 17.7 Å². The van der Waals surface area contributed by atoms with E-state index in [0.717, 1.165) is 6.20 Å². The average molecular weight is 345 g/mol. The molecule has 0 radical (unpaired) electrons. The van der Waals surface area contributed by atoms with E-state index in [4.69, 9.17) is 11.6 Å². The lowest BCUT2D eigenvalue weighted by molar-refractivity contribution is 0.608. The molecule has 19 heavy (non-hydrogen) atoms. The molecule has 0 atom stereocenters. The lowest BCUT2D eigenvalue weighted by atomic mass is 10.3. The van der Waals surface area contributed by atoms with Gasteiger partial charge in [-0.3, -0.25) is 0 Å². The molecular weight excluding hydrogens is 340 g/mol. The number of hydrogen-bond donors (Lipinski definition) is 0. The van der Waals surface area contributed by atoms with Crippen molar-refractivity contribution in [1.29, 1.82) is 0 Å². The molecule has 7 heteroatoms. The van der Waals surface area contributed by atoms with Crippen LogP contribution in [0.5, 0.6) is 0 Å². The van der Waals surface area contributed by atoms with E-state index in [2.05, 4.69) is 26.0 Å². The number of fused-ring (bicyclic) bond motifs is 1. The molecule has 0 aliphatic heterocycles. The van der Waals surface area contributed by atoms with Crippen LogP contribution in [0.1, 0.15) is 0 Å². The van der Waals surface area contributed by atoms with Crippen LogP contribution in [0, 0.1) is 11.6 Å². The molecule has 3 rings (SSSR count). The maximum absolute atomic E-state index is 13.8. The number of halogens is 4. The summed E-state index contributed by atoms with van der Waals surface area (Å²) in [5, 5.41) is 4.65. The molecule has 0 saturated heterocycles. The maximum atomic E-state index is 13.8. The minimum Gasteiger partial charge on any atom is -0.245 e. The van der Waals surface area contributed by atoms with Gasteiger partial charge in [-0.25, -0.2) is 18.4 Å². The zero-order valence-electron chi connectivity index (χ0n) is 9.24. The van der Waals surface area contributed by atoms with Crippen LogP contribution >= 0.6 is 27.5 Å². The molecule has 0 fully saturated rings. The van der Waals surface area contributed by atoms with Gasteiger partial charge >= 0.3 is 0 Å². The third-order valence-corrected chi connectivity index (χ3v) is 3.56. The van der Waals surface area contributed by atoms with Gasteiger partial charge in [0.05, 0.1) is 16.6 Å². The molecule has 3 aromatic rings. The van der Waals surface area contributed by atoms with Gasteiger partial charge in [0.25, 0.3) is 0 Å². The molecule has 0 aliphatic rings. The molecule has 96 valence electrons. The van der Waals surface area contributed by atoms with Gasteiger partial charge in [0.2, 0.25) is 0 Å². The van der Waals surface area contributed by atoms with Crippen LogP contribution in [0.2, 0.25) is 5.02 Å². The van der Waals surface area contributed by atoms with E-state index in [1.165, 1.54) is 29.1 Å². The van der Waals surface area contributed by atoms with Crippen molar-refractivity contribution in [1.82, 2.24) is 14.8 Å². The van der Waals surface area contributed by atoms with E-state index in [1.807, 2.05) is 0 Å². The van der Waals surface area contributed by atoms with Gasteiger partial charge in [-0.05, 0) is 28.1 Å². The molecule has 2 heterocycles. The van der Waals surface area contributed by atoms with Gasteiger partial charge in [0.1, 0.15) is 21.6 Å². The molecule has 0 saturated carbocycles. The quantitative estimate of drug-likeness (QED) is 0.622. The number of nitrogens with zero attached hydrogens (tertiary/aromatic N) is 3. The van der Waals surface area contributed by atoms with Crippen LogP contribution in [0.15, 0.2) is 35.2 Å². The Morgan fingerprint density at radius 2 is 2.00 bits per heavy atom. The van der Waals surface area contributed by atoms with E-state index in [-0.39, 0.29) is 16.2 Å². The van der Waals surface area contributed by atoms with Crippen molar-refractivity contribution in [3.8, 4) is 5.69 Å². The number of pyridine rings is 1. The predicted molar refractivity (Wildman–Crippen MR) is 71.5 cm³/mol. The largest absolute Gasteiger partial charge is 0.245 e. The summed E-state index contributed by atoms with van der Waals surface area (Å²) in [6.45, 7) is 0. The van der Waals surface area contributed by atoms with Crippen LogP contribution in [-0.2, 0) is 0 Å². The first-order valence-corrected chi connectivity index (χ1v) is 6.39. The fourth-order valence-corrected chi connectivity index (χ4v) is 2.41. The maximum Gasteiger partial charge on any atom is 0.169 e.